The molecule has 0 saturated carbocycles. The summed E-state index contributed by atoms with van der Waals surface area (Å²) in [6.45, 7) is 3.06. The summed E-state index contributed by atoms with van der Waals surface area (Å²) in [4.78, 5) is 0. The lowest BCUT2D eigenvalue weighted by atomic mass is 9.92. The summed E-state index contributed by atoms with van der Waals surface area (Å²) < 4.78 is 0. The molecule has 1 heterocycles. The third-order valence-electron chi connectivity index (χ3n) is 2.78. The molecule has 0 spiro atoms. The second kappa shape index (κ2) is 3.79. The SMILES string of the molecule is CCC1NCCc2c(O)cc(Cl)cc21. The molecule has 0 saturated heterocycles. The van der Waals surface area contributed by atoms with Crippen LogP contribution in [0.15, 0.2) is 12.1 Å². The number of fused-ring (bicyclic) bond motifs is 1. The molecule has 0 fully saturated rings. The van der Waals surface area contributed by atoms with Crippen LogP contribution in [0.5, 0.6) is 5.75 Å². The lowest BCUT2D eigenvalue weighted by molar-refractivity contribution is 0.442. The number of halogens is 1. The predicted octanol–water partition coefficient (Wildman–Crippen LogP) is 2.64. The minimum absolute atomic E-state index is 0.336. The van der Waals surface area contributed by atoms with E-state index in [1.54, 1.807) is 6.07 Å². The maximum Gasteiger partial charge on any atom is 0.120 e. The van der Waals surface area contributed by atoms with E-state index in [4.69, 9.17) is 11.6 Å². The smallest absolute Gasteiger partial charge is 0.120 e. The van der Waals surface area contributed by atoms with E-state index >= 15 is 0 Å². The number of aromatic hydroxyl groups is 1. The topological polar surface area (TPSA) is 32.3 Å². The number of hydrogen-bond donors (Lipinski definition) is 2. The molecule has 14 heavy (non-hydrogen) atoms. The number of benzene rings is 1. The Labute approximate surface area is 88.9 Å². The molecule has 0 aromatic heterocycles. The summed E-state index contributed by atoms with van der Waals surface area (Å²) in [7, 11) is 0. The van der Waals surface area contributed by atoms with Crippen LogP contribution in [0.2, 0.25) is 5.02 Å². The zero-order chi connectivity index (χ0) is 10.1. The summed E-state index contributed by atoms with van der Waals surface area (Å²) in [5.41, 5.74) is 2.21. The Bertz CT molecular complexity index is 351. The fraction of sp³-hybridized carbons (Fsp3) is 0.455. The third-order valence-corrected chi connectivity index (χ3v) is 2.99. The number of nitrogens with one attached hydrogen (secondary N) is 1. The van der Waals surface area contributed by atoms with Crippen LogP contribution < -0.4 is 5.32 Å². The van der Waals surface area contributed by atoms with E-state index in [1.807, 2.05) is 6.07 Å². The Kier molecular flexibility index (Phi) is 2.66. The Balaban J connectivity index is 2.51. The maximum absolute atomic E-state index is 9.74. The van der Waals surface area contributed by atoms with Gasteiger partial charge in [0.05, 0.1) is 0 Å². The van der Waals surface area contributed by atoms with Crippen molar-refractivity contribution < 1.29 is 5.11 Å². The fourth-order valence-corrected chi connectivity index (χ4v) is 2.29. The van der Waals surface area contributed by atoms with Crippen LogP contribution >= 0.6 is 11.6 Å². The molecule has 0 bridgehead atoms. The second-order valence-electron chi connectivity index (χ2n) is 3.66. The molecule has 1 atom stereocenters. The van der Waals surface area contributed by atoms with E-state index < -0.39 is 0 Å². The van der Waals surface area contributed by atoms with E-state index in [0.29, 0.717) is 16.8 Å². The Morgan fingerprint density at radius 3 is 3.07 bits per heavy atom. The Morgan fingerprint density at radius 1 is 1.57 bits per heavy atom. The summed E-state index contributed by atoms with van der Waals surface area (Å²) in [6, 6.07) is 3.92. The summed E-state index contributed by atoms with van der Waals surface area (Å²) in [5, 5.41) is 13.8. The number of hydrogen-bond acceptors (Lipinski definition) is 2. The zero-order valence-electron chi connectivity index (χ0n) is 8.18. The quantitative estimate of drug-likeness (QED) is 0.749. The highest BCUT2D eigenvalue weighted by Gasteiger charge is 2.20. The van der Waals surface area contributed by atoms with Gasteiger partial charge in [-0.25, -0.2) is 0 Å². The molecule has 2 rings (SSSR count). The summed E-state index contributed by atoms with van der Waals surface area (Å²) in [6.07, 6.45) is 1.90. The number of phenolic OH excluding ortho intramolecular Hbond substituents is 1. The standard InChI is InChI=1S/C11H14ClNO/c1-2-10-9-5-7(12)6-11(14)8(9)3-4-13-10/h5-6,10,13-14H,2-4H2,1H3. The Morgan fingerprint density at radius 2 is 2.36 bits per heavy atom. The zero-order valence-corrected chi connectivity index (χ0v) is 8.93. The van der Waals surface area contributed by atoms with Gasteiger partial charge in [0.15, 0.2) is 0 Å². The normalized spacial score (nSPS) is 20.6. The molecule has 1 aliphatic heterocycles. The van der Waals surface area contributed by atoms with Crippen molar-refractivity contribution >= 4 is 11.6 Å². The molecule has 3 heteroatoms. The van der Waals surface area contributed by atoms with Gasteiger partial charge in [0, 0.05) is 11.1 Å². The molecule has 76 valence electrons. The van der Waals surface area contributed by atoms with Crippen LogP contribution in [-0.2, 0) is 6.42 Å². The summed E-state index contributed by atoms with van der Waals surface area (Å²) >= 11 is 5.92. The van der Waals surface area contributed by atoms with E-state index in [1.165, 1.54) is 0 Å². The first-order chi connectivity index (χ1) is 6.72. The lowest BCUT2D eigenvalue weighted by Gasteiger charge is -2.26. The average Bonchev–Trinajstić information content (AvgIpc) is 2.17. The third kappa shape index (κ3) is 1.60. The van der Waals surface area contributed by atoms with Crippen molar-refractivity contribution in [2.24, 2.45) is 0 Å². The summed E-state index contributed by atoms with van der Waals surface area (Å²) in [5.74, 6) is 0.340. The van der Waals surface area contributed by atoms with E-state index in [9.17, 15) is 5.11 Å². The second-order valence-corrected chi connectivity index (χ2v) is 4.09. The van der Waals surface area contributed by atoms with Gasteiger partial charge >= 0.3 is 0 Å². The first-order valence-corrected chi connectivity index (χ1v) is 5.35. The van der Waals surface area contributed by atoms with Crippen LogP contribution in [0, 0.1) is 0 Å². The van der Waals surface area contributed by atoms with Crippen molar-refractivity contribution in [2.45, 2.75) is 25.8 Å². The highest BCUT2D eigenvalue weighted by atomic mass is 35.5. The van der Waals surface area contributed by atoms with Crippen LogP contribution in [0.4, 0.5) is 0 Å². The van der Waals surface area contributed by atoms with Gasteiger partial charge in [0.25, 0.3) is 0 Å². The maximum atomic E-state index is 9.74. The van der Waals surface area contributed by atoms with Gasteiger partial charge in [-0.1, -0.05) is 18.5 Å². The largest absolute Gasteiger partial charge is 0.508 e. The van der Waals surface area contributed by atoms with Gasteiger partial charge in [0.1, 0.15) is 5.75 Å². The molecule has 0 radical (unpaired) electrons. The van der Waals surface area contributed by atoms with Gasteiger partial charge < -0.3 is 10.4 Å². The van der Waals surface area contributed by atoms with Crippen molar-refractivity contribution in [3.8, 4) is 5.75 Å². The first kappa shape index (κ1) is 9.81. The molecule has 0 amide bonds. The van der Waals surface area contributed by atoms with Gasteiger partial charge in [-0.3, -0.25) is 0 Å². The van der Waals surface area contributed by atoms with Crippen molar-refractivity contribution in [3.05, 3.63) is 28.3 Å². The molecule has 1 aromatic rings. The van der Waals surface area contributed by atoms with Crippen LogP contribution in [0.1, 0.15) is 30.5 Å². The van der Waals surface area contributed by atoms with Crippen molar-refractivity contribution in [3.63, 3.8) is 0 Å². The average molecular weight is 212 g/mol. The minimum Gasteiger partial charge on any atom is -0.508 e. The van der Waals surface area contributed by atoms with Crippen molar-refractivity contribution in [1.82, 2.24) is 5.32 Å². The van der Waals surface area contributed by atoms with E-state index in [2.05, 4.69) is 12.2 Å². The number of phenols is 1. The fourth-order valence-electron chi connectivity index (χ4n) is 2.07. The molecule has 1 aliphatic rings. The van der Waals surface area contributed by atoms with Crippen LogP contribution in [0.3, 0.4) is 0 Å². The van der Waals surface area contributed by atoms with Gasteiger partial charge in [-0.05, 0) is 42.6 Å². The lowest BCUT2D eigenvalue weighted by Crippen LogP contribution is -2.29. The highest BCUT2D eigenvalue weighted by molar-refractivity contribution is 6.30. The molecular formula is C11H14ClNO. The molecule has 2 nitrogen and oxygen atoms in total. The molecular weight excluding hydrogens is 198 g/mol. The molecule has 1 aromatic carbocycles. The van der Waals surface area contributed by atoms with Crippen molar-refractivity contribution in [1.29, 1.82) is 0 Å². The monoisotopic (exact) mass is 211 g/mol. The molecule has 2 N–H and O–H groups in total. The molecule has 1 unspecified atom stereocenters. The predicted molar refractivity (Wildman–Crippen MR) is 57.9 cm³/mol. The van der Waals surface area contributed by atoms with Crippen LogP contribution in [0.25, 0.3) is 0 Å². The van der Waals surface area contributed by atoms with E-state index in [0.717, 1.165) is 30.5 Å². The van der Waals surface area contributed by atoms with E-state index in [-0.39, 0.29) is 0 Å². The van der Waals surface area contributed by atoms with Gasteiger partial charge in [-0.2, -0.15) is 0 Å². The highest BCUT2D eigenvalue weighted by Crippen LogP contribution is 2.34. The van der Waals surface area contributed by atoms with Gasteiger partial charge in [-0.15, -0.1) is 0 Å². The first-order valence-electron chi connectivity index (χ1n) is 4.97. The number of rotatable bonds is 1. The van der Waals surface area contributed by atoms with Crippen molar-refractivity contribution in [2.75, 3.05) is 6.54 Å². The minimum atomic E-state index is 0.336. The molecule has 0 aliphatic carbocycles. The van der Waals surface area contributed by atoms with Crippen LogP contribution in [-0.4, -0.2) is 11.7 Å². The van der Waals surface area contributed by atoms with Gasteiger partial charge in [0.2, 0.25) is 0 Å². The Hall–Kier alpha value is -0.730.